The zero-order valence-electron chi connectivity index (χ0n) is 16.3. The number of hydrogen-bond donors (Lipinski definition) is 1. The third-order valence-electron chi connectivity index (χ3n) is 4.64. The van der Waals surface area contributed by atoms with E-state index in [2.05, 4.69) is 27.7 Å². The summed E-state index contributed by atoms with van der Waals surface area (Å²) >= 11 is 0. The first-order valence-electron chi connectivity index (χ1n) is 8.51. The van der Waals surface area contributed by atoms with Gasteiger partial charge in [-0.1, -0.05) is 59.2 Å². The first-order valence-corrected chi connectivity index (χ1v) is 10.00. The van der Waals surface area contributed by atoms with Gasteiger partial charge in [-0.15, -0.1) is 0 Å². The Morgan fingerprint density at radius 3 is 2.12 bits per heavy atom. The first kappa shape index (κ1) is 21.5. The van der Waals surface area contributed by atoms with E-state index >= 15 is 0 Å². The van der Waals surface area contributed by atoms with Crippen LogP contribution in [0.15, 0.2) is 29.2 Å². The summed E-state index contributed by atoms with van der Waals surface area (Å²) in [5.74, 6) is 0.488. The molecular formula is C19H31NO4S. The molecule has 0 heterocycles. The highest BCUT2D eigenvalue weighted by Crippen LogP contribution is 2.39. The van der Waals surface area contributed by atoms with Crippen LogP contribution in [0.2, 0.25) is 0 Å². The maximum Gasteiger partial charge on any atom is 0.421 e. The number of carbonyl (C=O) groups excluding carboxylic acids is 1. The van der Waals surface area contributed by atoms with Gasteiger partial charge >= 0.3 is 6.09 Å². The normalized spacial score (nSPS) is 13.0. The molecule has 0 saturated carbocycles. The molecule has 0 spiro atoms. The summed E-state index contributed by atoms with van der Waals surface area (Å²) in [5.41, 5.74) is 0.784. The fraction of sp³-hybridized carbons (Fsp3) is 0.632. The Morgan fingerprint density at radius 1 is 1.12 bits per heavy atom. The summed E-state index contributed by atoms with van der Waals surface area (Å²) in [6.07, 6.45) is -0.0913. The number of nitrogens with one attached hydrogen (secondary N) is 1. The Hall–Kier alpha value is -1.56. The van der Waals surface area contributed by atoms with E-state index in [1.54, 1.807) is 12.1 Å². The predicted octanol–water partition coefficient (Wildman–Crippen LogP) is 4.51. The summed E-state index contributed by atoms with van der Waals surface area (Å²) in [5, 5.41) is 0. The Morgan fingerprint density at radius 2 is 1.64 bits per heavy atom. The van der Waals surface area contributed by atoms with E-state index in [0.29, 0.717) is 5.92 Å². The number of carbonyl (C=O) groups is 1. The Labute approximate surface area is 152 Å². The van der Waals surface area contributed by atoms with Crippen molar-refractivity contribution >= 4 is 16.1 Å². The second-order valence-corrected chi connectivity index (χ2v) is 10.2. The molecule has 0 aliphatic rings. The third kappa shape index (κ3) is 6.69. The highest BCUT2D eigenvalue weighted by Gasteiger charge is 2.32. The van der Waals surface area contributed by atoms with Crippen molar-refractivity contribution in [3.8, 4) is 0 Å². The zero-order valence-corrected chi connectivity index (χ0v) is 17.2. The summed E-state index contributed by atoms with van der Waals surface area (Å²) in [7, 11) is -3.92. The molecule has 0 radical (unpaired) electrons. The lowest BCUT2D eigenvalue weighted by atomic mass is 9.70. The van der Waals surface area contributed by atoms with E-state index in [1.807, 2.05) is 25.5 Å². The molecule has 0 bridgehead atoms. The Kier molecular flexibility index (Phi) is 6.68. The van der Waals surface area contributed by atoms with E-state index in [-0.39, 0.29) is 22.3 Å². The van der Waals surface area contributed by atoms with E-state index in [4.69, 9.17) is 4.74 Å². The van der Waals surface area contributed by atoms with Crippen molar-refractivity contribution in [1.82, 2.24) is 4.72 Å². The van der Waals surface area contributed by atoms with E-state index in [9.17, 15) is 13.2 Å². The highest BCUT2D eigenvalue weighted by atomic mass is 32.2. The smallest absolute Gasteiger partial charge is 0.421 e. The van der Waals surface area contributed by atoms with E-state index in [0.717, 1.165) is 12.0 Å². The molecule has 1 amide bonds. The molecule has 1 aromatic rings. The van der Waals surface area contributed by atoms with Gasteiger partial charge in [-0.05, 0) is 42.2 Å². The van der Waals surface area contributed by atoms with Crippen molar-refractivity contribution in [2.24, 2.45) is 16.7 Å². The summed E-state index contributed by atoms with van der Waals surface area (Å²) in [6.45, 7) is 14.7. The average molecular weight is 370 g/mol. The van der Waals surface area contributed by atoms with Crippen LogP contribution in [0.5, 0.6) is 0 Å². The van der Waals surface area contributed by atoms with Gasteiger partial charge < -0.3 is 4.74 Å². The van der Waals surface area contributed by atoms with Gasteiger partial charge in [-0.3, -0.25) is 0 Å². The van der Waals surface area contributed by atoms with Crippen LogP contribution >= 0.6 is 0 Å². The zero-order chi connectivity index (χ0) is 19.5. The van der Waals surface area contributed by atoms with Crippen LogP contribution < -0.4 is 4.72 Å². The molecule has 6 heteroatoms. The van der Waals surface area contributed by atoms with Gasteiger partial charge in [0.1, 0.15) is 0 Å². The van der Waals surface area contributed by atoms with Crippen LogP contribution in [-0.2, 0) is 14.8 Å². The Bertz CT molecular complexity index is 689. The molecule has 0 saturated heterocycles. The molecule has 0 unspecified atom stereocenters. The summed E-state index contributed by atoms with van der Waals surface area (Å²) < 4.78 is 31.5. The minimum atomic E-state index is -3.92. The molecule has 25 heavy (non-hydrogen) atoms. The number of amides is 1. The predicted molar refractivity (Wildman–Crippen MR) is 99.9 cm³/mol. The number of aryl methyl sites for hydroxylation is 1. The molecule has 0 atom stereocenters. The molecule has 0 fully saturated rings. The molecule has 0 aliphatic carbocycles. The minimum absolute atomic E-state index is 0.0373. The lowest BCUT2D eigenvalue weighted by Gasteiger charge is -2.37. The maximum atomic E-state index is 12.2. The van der Waals surface area contributed by atoms with Gasteiger partial charge in [-0.2, -0.15) is 0 Å². The molecule has 0 aliphatic heterocycles. The van der Waals surface area contributed by atoms with Crippen LogP contribution in [0.3, 0.4) is 0 Å². The van der Waals surface area contributed by atoms with Crippen molar-refractivity contribution in [2.75, 3.05) is 6.61 Å². The summed E-state index contributed by atoms with van der Waals surface area (Å²) in [4.78, 5) is 12.0. The molecule has 1 rings (SSSR count). The fourth-order valence-electron chi connectivity index (χ4n) is 2.66. The van der Waals surface area contributed by atoms with Crippen LogP contribution in [0, 0.1) is 23.7 Å². The van der Waals surface area contributed by atoms with Crippen molar-refractivity contribution in [3.05, 3.63) is 29.8 Å². The molecule has 5 nitrogen and oxygen atoms in total. The van der Waals surface area contributed by atoms with Crippen molar-refractivity contribution < 1.29 is 17.9 Å². The number of hydrogen-bond acceptors (Lipinski definition) is 4. The molecule has 1 aromatic carbocycles. The van der Waals surface area contributed by atoms with Crippen LogP contribution in [0.25, 0.3) is 0 Å². The number of ether oxygens (including phenoxy) is 1. The van der Waals surface area contributed by atoms with Gasteiger partial charge in [0.25, 0.3) is 10.0 Å². The minimum Gasteiger partial charge on any atom is -0.448 e. The van der Waals surface area contributed by atoms with Gasteiger partial charge in [0.15, 0.2) is 0 Å². The largest absolute Gasteiger partial charge is 0.448 e. The number of sulfonamides is 1. The SMILES string of the molecule is Cc1ccc(S(=O)(=O)NC(=O)OCC(C)(C)CC(C)(C)C(C)C)cc1. The van der Waals surface area contributed by atoms with Crippen LogP contribution in [0.4, 0.5) is 4.79 Å². The summed E-state index contributed by atoms with van der Waals surface area (Å²) in [6, 6.07) is 6.27. The maximum absolute atomic E-state index is 12.2. The number of rotatable bonds is 7. The molecular weight excluding hydrogens is 338 g/mol. The standard InChI is InChI=1S/C19H31NO4S/c1-14(2)19(6,7)12-18(4,5)13-24-17(21)20-25(22,23)16-10-8-15(3)9-11-16/h8-11,14H,12-13H2,1-7H3,(H,20,21). The van der Waals surface area contributed by atoms with Crippen molar-refractivity contribution in [3.63, 3.8) is 0 Å². The highest BCUT2D eigenvalue weighted by molar-refractivity contribution is 7.90. The topological polar surface area (TPSA) is 72.5 Å². The molecule has 142 valence electrons. The van der Waals surface area contributed by atoms with Gasteiger partial charge in [0, 0.05) is 0 Å². The molecule has 0 aromatic heterocycles. The van der Waals surface area contributed by atoms with Gasteiger partial charge in [0.05, 0.1) is 11.5 Å². The average Bonchev–Trinajstić information content (AvgIpc) is 2.44. The van der Waals surface area contributed by atoms with Gasteiger partial charge in [0.2, 0.25) is 0 Å². The van der Waals surface area contributed by atoms with E-state index < -0.39 is 16.1 Å². The Balaban J connectivity index is 2.66. The second-order valence-electron chi connectivity index (χ2n) is 8.48. The van der Waals surface area contributed by atoms with Crippen LogP contribution in [-0.4, -0.2) is 21.1 Å². The molecule has 1 N–H and O–H groups in total. The quantitative estimate of drug-likeness (QED) is 0.767. The lowest BCUT2D eigenvalue weighted by Crippen LogP contribution is -2.36. The van der Waals surface area contributed by atoms with E-state index in [1.165, 1.54) is 12.1 Å². The lowest BCUT2D eigenvalue weighted by molar-refractivity contribution is 0.0602. The fourth-order valence-corrected chi connectivity index (χ4v) is 3.56. The van der Waals surface area contributed by atoms with Crippen molar-refractivity contribution in [1.29, 1.82) is 0 Å². The van der Waals surface area contributed by atoms with Crippen LogP contribution in [0.1, 0.15) is 53.5 Å². The first-order chi connectivity index (χ1) is 11.3. The van der Waals surface area contributed by atoms with Gasteiger partial charge in [-0.25, -0.2) is 17.9 Å². The van der Waals surface area contributed by atoms with Crippen molar-refractivity contribution in [2.45, 2.75) is 59.8 Å². The number of benzene rings is 1. The second kappa shape index (κ2) is 7.77. The monoisotopic (exact) mass is 369 g/mol. The third-order valence-corrected chi connectivity index (χ3v) is 5.97.